The van der Waals surface area contributed by atoms with Gasteiger partial charge in [0.25, 0.3) is 0 Å². The second-order valence-corrected chi connectivity index (χ2v) is 10.9. The number of carbonyl (C=O) groups excluding carboxylic acids is 1. The number of carbonyl (C=O) groups is 1. The highest BCUT2D eigenvalue weighted by Gasteiger charge is 2.27. The maximum atomic E-state index is 12.2. The van der Waals surface area contributed by atoms with Crippen molar-refractivity contribution in [1.82, 2.24) is 10.6 Å². The van der Waals surface area contributed by atoms with Gasteiger partial charge in [0.15, 0.2) is 0 Å². The van der Waals surface area contributed by atoms with E-state index >= 15 is 0 Å². The summed E-state index contributed by atoms with van der Waals surface area (Å²) in [6.45, 7) is 11.2. The predicted octanol–water partition coefficient (Wildman–Crippen LogP) is 6.62. The van der Waals surface area contributed by atoms with Crippen LogP contribution in [0.15, 0.2) is 12.3 Å². The fourth-order valence-electron chi connectivity index (χ4n) is 5.40. The lowest BCUT2D eigenvalue weighted by Crippen LogP contribution is -2.45. The van der Waals surface area contributed by atoms with Gasteiger partial charge in [-0.2, -0.15) is 0 Å². The molecule has 0 aliphatic heterocycles. The van der Waals surface area contributed by atoms with Gasteiger partial charge in [0.05, 0.1) is 12.2 Å². The zero-order chi connectivity index (χ0) is 23.9. The van der Waals surface area contributed by atoms with E-state index in [0.717, 1.165) is 18.5 Å². The van der Waals surface area contributed by atoms with E-state index in [0.29, 0.717) is 18.9 Å². The fourth-order valence-corrected chi connectivity index (χ4v) is 5.40. The number of amides is 1. The maximum Gasteiger partial charge on any atom is 0.246 e. The van der Waals surface area contributed by atoms with E-state index in [2.05, 4.69) is 38.0 Å². The first-order chi connectivity index (χ1) is 15.9. The Hall–Kier alpha value is -1.07. The molecule has 2 aliphatic rings. The molecule has 33 heavy (non-hydrogen) atoms. The summed E-state index contributed by atoms with van der Waals surface area (Å²) < 4.78 is 12.3. The summed E-state index contributed by atoms with van der Waals surface area (Å²) in [5, 5.41) is 6.41. The van der Waals surface area contributed by atoms with Crippen LogP contribution in [0.25, 0.3) is 0 Å². The van der Waals surface area contributed by atoms with Crippen LogP contribution in [0.5, 0.6) is 0 Å². The second kappa shape index (κ2) is 15.8. The van der Waals surface area contributed by atoms with Crippen molar-refractivity contribution in [3.8, 4) is 0 Å². The first-order valence-corrected chi connectivity index (χ1v) is 13.9. The minimum atomic E-state index is -0.469. The molecular formula is C28H52N2O3. The molecule has 2 rings (SSSR count). The van der Waals surface area contributed by atoms with E-state index in [1.165, 1.54) is 83.5 Å². The Labute approximate surface area is 203 Å². The van der Waals surface area contributed by atoms with Crippen LogP contribution < -0.4 is 10.6 Å². The largest absolute Gasteiger partial charge is 0.368 e. The average Bonchev–Trinajstić information content (AvgIpc) is 2.85. The number of hydrogen-bond acceptors (Lipinski definition) is 4. The van der Waals surface area contributed by atoms with Gasteiger partial charge >= 0.3 is 0 Å². The van der Waals surface area contributed by atoms with E-state index in [1.54, 1.807) is 0 Å². The number of nitrogens with one attached hydrogen (secondary N) is 2. The Morgan fingerprint density at radius 3 is 2.00 bits per heavy atom. The summed E-state index contributed by atoms with van der Waals surface area (Å²) in [6.07, 6.45) is 20.3. The number of hydrogen-bond donors (Lipinski definition) is 2. The second-order valence-electron chi connectivity index (χ2n) is 10.9. The highest BCUT2D eigenvalue weighted by molar-refractivity contribution is 5.77. The van der Waals surface area contributed by atoms with Crippen LogP contribution >= 0.6 is 0 Å². The van der Waals surface area contributed by atoms with Gasteiger partial charge in [0, 0.05) is 18.7 Å². The minimum absolute atomic E-state index is 0.0314. The Bertz CT molecular complexity index is 545. The van der Waals surface area contributed by atoms with Crippen molar-refractivity contribution in [1.29, 1.82) is 0 Å². The van der Waals surface area contributed by atoms with Crippen LogP contribution in [0.3, 0.4) is 0 Å². The average molecular weight is 465 g/mol. The summed E-state index contributed by atoms with van der Waals surface area (Å²) in [5.74, 6) is 0.609. The van der Waals surface area contributed by atoms with Crippen molar-refractivity contribution < 1.29 is 14.3 Å². The predicted molar refractivity (Wildman–Crippen MR) is 137 cm³/mol. The zero-order valence-corrected chi connectivity index (χ0v) is 21.9. The van der Waals surface area contributed by atoms with Gasteiger partial charge in [-0.25, -0.2) is 0 Å². The molecule has 192 valence electrons. The molecule has 0 saturated heterocycles. The number of ether oxygens (including phenoxy) is 2. The lowest BCUT2D eigenvalue weighted by atomic mass is 9.87. The van der Waals surface area contributed by atoms with E-state index in [1.807, 2.05) is 0 Å². The van der Waals surface area contributed by atoms with Crippen molar-refractivity contribution in [2.24, 2.45) is 5.92 Å². The SMILES string of the molecule is C=C(CCNC(=O)COC1CCCCCCCC1)NC(C)(C)OC(C)C1CCCCCCC1. The molecule has 5 heteroatoms. The van der Waals surface area contributed by atoms with Crippen molar-refractivity contribution >= 4 is 5.91 Å². The highest BCUT2D eigenvalue weighted by Crippen LogP contribution is 2.28. The Kier molecular flexibility index (Phi) is 13.5. The molecule has 2 saturated carbocycles. The molecule has 0 heterocycles. The molecule has 0 aromatic rings. The molecule has 0 aromatic heterocycles. The summed E-state index contributed by atoms with van der Waals surface area (Å²) in [5.41, 5.74) is 0.422. The van der Waals surface area contributed by atoms with E-state index in [-0.39, 0.29) is 24.7 Å². The van der Waals surface area contributed by atoms with Crippen molar-refractivity contribution in [3.05, 3.63) is 12.3 Å². The zero-order valence-electron chi connectivity index (χ0n) is 21.9. The van der Waals surface area contributed by atoms with Gasteiger partial charge in [0.1, 0.15) is 12.3 Å². The van der Waals surface area contributed by atoms with Crippen LogP contribution in [0, 0.1) is 5.92 Å². The smallest absolute Gasteiger partial charge is 0.246 e. The van der Waals surface area contributed by atoms with Crippen LogP contribution in [-0.4, -0.2) is 37.0 Å². The van der Waals surface area contributed by atoms with Crippen molar-refractivity contribution in [3.63, 3.8) is 0 Å². The maximum absolute atomic E-state index is 12.2. The first-order valence-electron chi connectivity index (χ1n) is 13.9. The van der Waals surface area contributed by atoms with Crippen LogP contribution in [0.4, 0.5) is 0 Å². The van der Waals surface area contributed by atoms with Gasteiger partial charge in [-0.1, -0.05) is 77.2 Å². The van der Waals surface area contributed by atoms with Crippen LogP contribution in [-0.2, 0) is 14.3 Å². The molecule has 0 aromatic carbocycles. The monoisotopic (exact) mass is 464 g/mol. The van der Waals surface area contributed by atoms with Crippen molar-refractivity contribution in [2.75, 3.05) is 13.2 Å². The van der Waals surface area contributed by atoms with E-state index in [9.17, 15) is 4.79 Å². The normalized spacial score (nSPS) is 21.1. The first kappa shape index (κ1) is 28.2. The molecule has 1 atom stereocenters. The van der Waals surface area contributed by atoms with Crippen LogP contribution in [0.2, 0.25) is 0 Å². The van der Waals surface area contributed by atoms with E-state index < -0.39 is 5.72 Å². The van der Waals surface area contributed by atoms with Gasteiger partial charge < -0.3 is 20.1 Å². The molecule has 2 N–H and O–H groups in total. The molecule has 0 radical (unpaired) electrons. The lowest BCUT2D eigenvalue weighted by molar-refractivity contribution is -0.128. The standard InChI is InChI=1S/C28H52N2O3/c1-23(30-28(3,4)33-24(2)25-16-12-8-7-9-13-17-25)20-21-29-27(31)22-32-26-18-14-10-5-6-11-15-19-26/h24-26,30H,1,5-22H2,2-4H3,(H,29,31). The molecule has 1 amide bonds. The molecule has 2 fully saturated rings. The topological polar surface area (TPSA) is 59.6 Å². The molecule has 1 unspecified atom stereocenters. The molecule has 0 spiro atoms. The molecule has 5 nitrogen and oxygen atoms in total. The van der Waals surface area contributed by atoms with Gasteiger partial charge in [0.2, 0.25) is 5.91 Å². The fraction of sp³-hybridized carbons (Fsp3) is 0.893. The van der Waals surface area contributed by atoms with Gasteiger partial charge in [-0.3, -0.25) is 4.79 Å². The molecular weight excluding hydrogens is 412 g/mol. The third-order valence-electron chi connectivity index (χ3n) is 7.27. The Morgan fingerprint density at radius 1 is 0.909 bits per heavy atom. The minimum Gasteiger partial charge on any atom is -0.368 e. The summed E-state index contributed by atoms with van der Waals surface area (Å²) >= 11 is 0. The summed E-state index contributed by atoms with van der Waals surface area (Å²) in [6, 6.07) is 0. The Balaban J connectivity index is 1.61. The number of rotatable bonds is 11. The van der Waals surface area contributed by atoms with Gasteiger partial charge in [-0.05, 0) is 52.4 Å². The van der Waals surface area contributed by atoms with Gasteiger partial charge in [-0.15, -0.1) is 0 Å². The van der Waals surface area contributed by atoms with Crippen molar-refractivity contribution in [2.45, 2.75) is 141 Å². The third-order valence-corrected chi connectivity index (χ3v) is 7.27. The Morgan fingerprint density at radius 2 is 1.42 bits per heavy atom. The van der Waals surface area contributed by atoms with E-state index in [4.69, 9.17) is 9.47 Å². The summed E-state index contributed by atoms with van der Waals surface area (Å²) in [7, 11) is 0. The lowest BCUT2D eigenvalue weighted by Gasteiger charge is -2.36. The highest BCUT2D eigenvalue weighted by atomic mass is 16.5. The third kappa shape index (κ3) is 12.8. The summed E-state index contributed by atoms with van der Waals surface area (Å²) in [4.78, 5) is 12.2. The molecule has 2 aliphatic carbocycles. The quantitative estimate of drug-likeness (QED) is 0.337. The van der Waals surface area contributed by atoms with Crippen LogP contribution in [0.1, 0.15) is 124 Å². The molecule has 0 bridgehead atoms.